The SMILES string of the molecule is CC(Sc1nc2ccccc2c(=O)n1Cc1ccco1)C(=O)NC(c1ccccc1)c1ccccc1. The van der Waals surface area contributed by atoms with Crippen LogP contribution in [0.3, 0.4) is 0 Å². The highest BCUT2D eigenvalue weighted by molar-refractivity contribution is 8.00. The van der Waals surface area contributed by atoms with E-state index in [9.17, 15) is 9.59 Å². The molecule has 0 aliphatic carbocycles. The number of nitrogens with zero attached hydrogens (tertiary/aromatic N) is 2. The Morgan fingerprint density at radius 1 is 0.917 bits per heavy atom. The monoisotopic (exact) mass is 495 g/mol. The summed E-state index contributed by atoms with van der Waals surface area (Å²) in [6.07, 6.45) is 1.57. The second-order valence-electron chi connectivity index (χ2n) is 8.41. The molecule has 0 bridgehead atoms. The van der Waals surface area contributed by atoms with Crippen LogP contribution in [-0.4, -0.2) is 20.7 Å². The van der Waals surface area contributed by atoms with Gasteiger partial charge in [-0.3, -0.25) is 14.2 Å². The van der Waals surface area contributed by atoms with Crippen molar-refractivity contribution in [3.63, 3.8) is 0 Å². The Labute approximate surface area is 213 Å². The van der Waals surface area contributed by atoms with Gasteiger partial charge in [0.15, 0.2) is 5.16 Å². The highest BCUT2D eigenvalue weighted by Gasteiger charge is 2.24. The van der Waals surface area contributed by atoms with Crippen LogP contribution < -0.4 is 10.9 Å². The zero-order valence-electron chi connectivity index (χ0n) is 19.7. The summed E-state index contributed by atoms with van der Waals surface area (Å²) in [5, 5.41) is 3.68. The summed E-state index contributed by atoms with van der Waals surface area (Å²) in [5.74, 6) is 0.492. The predicted octanol–water partition coefficient (Wildman–Crippen LogP) is 5.42. The minimum Gasteiger partial charge on any atom is -0.467 e. The van der Waals surface area contributed by atoms with Crippen molar-refractivity contribution in [2.45, 2.75) is 29.9 Å². The van der Waals surface area contributed by atoms with Crippen molar-refractivity contribution in [1.82, 2.24) is 14.9 Å². The van der Waals surface area contributed by atoms with Crippen molar-refractivity contribution in [3.8, 4) is 0 Å². The fourth-order valence-corrected chi connectivity index (χ4v) is 4.97. The van der Waals surface area contributed by atoms with E-state index in [1.807, 2.05) is 91.9 Å². The smallest absolute Gasteiger partial charge is 0.262 e. The molecule has 0 aliphatic rings. The van der Waals surface area contributed by atoms with Gasteiger partial charge in [0.1, 0.15) is 5.76 Å². The standard InChI is InChI=1S/C29H25N3O3S/c1-20(27(33)31-26(21-11-4-2-5-12-21)22-13-6-3-7-14-22)36-29-30-25-17-9-8-16-24(25)28(34)32(29)19-23-15-10-18-35-23/h2-18,20,26H,19H2,1H3,(H,31,33). The Balaban J connectivity index is 1.44. The van der Waals surface area contributed by atoms with Gasteiger partial charge in [0.2, 0.25) is 5.91 Å². The molecule has 5 aromatic rings. The normalized spacial score (nSPS) is 12.1. The Morgan fingerprint density at radius 3 is 2.19 bits per heavy atom. The summed E-state index contributed by atoms with van der Waals surface area (Å²) in [4.78, 5) is 31.5. The van der Waals surface area contributed by atoms with Crippen molar-refractivity contribution in [2.75, 3.05) is 0 Å². The fraction of sp³-hybridized carbons (Fsp3) is 0.138. The lowest BCUT2D eigenvalue weighted by atomic mass is 9.98. The van der Waals surface area contributed by atoms with E-state index in [2.05, 4.69) is 5.32 Å². The van der Waals surface area contributed by atoms with Crippen LogP contribution >= 0.6 is 11.8 Å². The van der Waals surface area contributed by atoms with E-state index in [0.29, 0.717) is 21.8 Å². The molecule has 180 valence electrons. The summed E-state index contributed by atoms with van der Waals surface area (Å²) in [7, 11) is 0. The third-order valence-electron chi connectivity index (χ3n) is 5.92. The molecular weight excluding hydrogens is 470 g/mol. The number of carbonyl (C=O) groups excluding carboxylic acids is 1. The number of nitrogens with one attached hydrogen (secondary N) is 1. The van der Waals surface area contributed by atoms with Gasteiger partial charge in [0.25, 0.3) is 5.56 Å². The van der Waals surface area contributed by atoms with Gasteiger partial charge >= 0.3 is 0 Å². The first-order chi connectivity index (χ1) is 17.6. The van der Waals surface area contributed by atoms with Gasteiger partial charge in [0, 0.05) is 0 Å². The number of aromatic nitrogens is 2. The molecule has 3 aromatic carbocycles. The summed E-state index contributed by atoms with van der Waals surface area (Å²) < 4.78 is 7.06. The average molecular weight is 496 g/mol. The second kappa shape index (κ2) is 10.7. The number of thioether (sulfide) groups is 1. The summed E-state index contributed by atoms with van der Waals surface area (Å²) in [6, 6.07) is 30.3. The van der Waals surface area contributed by atoms with Crippen molar-refractivity contribution < 1.29 is 9.21 Å². The molecule has 1 atom stereocenters. The van der Waals surface area contributed by atoms with E-state index in [-0.39, 0.29) is 24.1 Å². The molecule has 0 spiro atoms. The second-order valence-corrected chi connectivity index (χ2v) is 9.71. The molecule has 1 amide bonds. The number of carbonyl (C=O) groups is 1. The summed E-state index contributed by atoms with van der Waals surface area (Å²) in [5.41, 5.74) is 2.42. The molecule has 0 fully saturated rings. The molecule has 0 radical (unpaired) electrons. The van der Waals surface area contributed by atoms with Crippen LogP contribution in [-0.2, 0) is 11.3 Å². The van der Waals surface area contributed by atoms with Crippen LogP contribution in [0.25, 0.3) is 10.9 Å². The van der Waals surface area contributed by atoms with Crippen LogP contribution in [0.2, 0.25) is 0 Å². The minimum absolute atomic E-state index is 0.148. The lowest BCUT2D eigenvalue weighted by molar-refractivity contribution is -0.120. The van der Waals surface area contributed by atoms with Crippen molar-refractivity contribution in [2.24, 2.45) is 0 Å². The Kier molecular flexibility index (Phi) is 7.00. The minimum atomic E-state index is -0.504. The van der Waals surface area contributed by atoms with E-state index < -0.39 is 5.25 Å². The summed E-state index contributed by atoms with van der Waals surface area (Å²) in [6.45, 7) is 2.06. The highest BCUT2D eigenvalue weighted by Crippen LogP contribution is 2.26. The zero-order valence-corrected chi connectivity index (χ0v) is 20.5. The van der Waals surface area contributed by atoms with Gasteiger partial charge in [-0.2, -0.15) is 0 Å². The molecule has 0 saturated heterocycles. The zero-order chi connectivity index (χ0) is 24.9. The van der Waals surface area contributed by atoms with Crippen LogP contribution in [0.4, 0.5) is 0 Å². The average Bonchev–Trinajstić information content (AvgIpc) is 3.43. The van der Waals surface area contributed by atoms with Gasteiger partial charge in [-0.15, -0.1) is 0 Å². The predicted molar refractivity (Wildman–Crippen MR) is 142 cm³/mol. The molecule has 1 N–H and O–H groups in total. The topological polar surface area (TPSA) is 77.1 Å². The largest absolute Gasteiger partial charge is 0.467 e. The third kappa shape index (κ3) is 5.11. The highest BCUT2D eigenvalue weighted by atomic mass is 32.2. The van der Waals surface area contributed by atoms with E-state index >= 15 is 0 Å². The van der Waals surface area contributed by atoms with Crippen molar-refractivity contribution in [3.05, 3.63) is 131 Å². The van der Waals surface area contributed by atoms with E-state index in [1.165, 1.54) is 11.8 Å². The Hall–Kier alpha value is -4.10. The molecular formula is C29H25N3O3S. The first-order valence-corrected chi connectivity index (χ1v) is 12.6. The number of benzene rings is 3. The van der Waals surface area contributed by atoms with Crippen molar-refractivity contribution >= 4 is 28.6 Å². The molecule has 2 aromatic heterocycles. The first-order valence-electron chi connectivity index (χ1n) is 11.7. The number of hydrogen-bond acceptors (Lipinski definition) is 5. The van der Waals surface area contributed by atoms with Crippen LogP contribution in [0.1, 0.15) is 29.9 Å². The number of rotatable bonds is 8. The Morgan fingerprint density at radius 2 is 1.56 bits per heavy atom. The van der Waals surface area contributed by atoms with Gasteiger partial charge in [0.05, 0.1) is 35.0 Å². The number of para-hydroxylation sites is 1. The number of fused-ring (bicyclic) bond motifs is 1. The van der Waals surface area contributed by atoms with Gasteiger partial charge in [-0.1, -0.05) is 84.6 Å². The number of hydrogen-bond donors (Lipinski definition) is 1. The third-order valence-corrected chi connectivity index (χ3v) is 7.01. The maximum atomic E-state index is 13.4. The van der Waals surface area contributed by atoms with E-state index in [0.717, 1.165) is 11.1 Å². The molecule has 6 nitrogen and oxygen atoms in total. The lowest BCUT2D eigenvalue weighted by Gasteiger charge is -2.22. The summed E-state index contributed by atoms with van der Waals surface area (Å²) >= 11 is 1.26. The van der Waals surface area contributed by atoms with Gasteiger partial charge in [-0.25, -0.2) is 4.98 Å². The Bertz CT molecular complexity index is 1480. The lowest BCUT2D eigenvalue weighted by Crippen LogP contribution is -2.35. The molecule has 5 rings (SSSR count). The van der Waals surface area contributed by atoms with E-state index in [4.69, 9.17) is 9.40 Å². The molecule has 0 aliphatic heterocycles. The number of furan rings is 1. The van der Waals surface area contributed by atoms with E-state index in [1.54, 1.807) is 23.0 Å². The fourth-order valence-electron chi connectivity index (χ4n) is 4.06. The van der Waals surface area contributed by atoms with Crippen LogP contribution in [0, 0.1) is 0 Å². The van der Waals surface area contributed by atoms with Crippen LogP contribution in [0.15, 0.2) is 118 Å². The van der Waals surface area contributed by atoms with Crippen LogP contribution in [0.5, 0.6) is 0 Å². The first kappa shape index (κ1) is 23.6. The molecule has 2 heterocycles. The molecule has 7 heteroatoms. The van der Waals surface area contributed by atoms with Gasteiger partial charge in [-0.05, 0) is 42.3 Å². The van der Waals surface area contributed by atoms with Gasteiger partial charge < -0.3 is 9.73 Å². The molecule has 36 heavy (non-hydrogen) atoms. The molecule has 1 unspecified atom stereocenters. The number of amides is 1. The maximum Gasteiger partial charge on any atom is 0.262 e. The quantitative estimate of drug-likeness (QED) is 0.230. The molecule has 0 saturated carbocycles. The van der Waals surface area contributed by atoms with Crippen molar-refractivity contribution in [1.29, 1.82) is 0 Å². The maximum absolute atomic E-state index is 13.4.